The SMILES string of the molecule is O=C(OCCN1C(=O)NCc2ccccc21)[C@@H]1C[C@@H]1c1c(F)cccc1F. The van der Waals surface area contributed by atoms with Crippen molar-refractivity contribution in [1.29, 1.82) is 0 Å². The number of benzene rings is 2. The van der Waals surface area contributed by atoms with Crippen molar-refractivity contribution in [2.45, 2.75) is 18.9 Å². The molecule has 1 fully saturated rings. The van der Waals surface area contributed by atoms with Crippen molar-refractivity contribution in [3.63, 3.8) is 0 Å². The number of carbonyl (C=O) groups excluding carboxylic acids is 2. The summed E-state index contributed by atoms with van der Waals surface area (Å²) in [4.78, 5) is 25.8. The minimum Gasteiger partial charge on any atom is -0.464 e. The Balaban J connectivity index is 1.34. The summed E-state index contributed by atoms with van der Waals surface area (Å²) in [5.74, 6) is -2.81. The van der Waals surface area contributed by atoms with Crippen molar-refractivity contribution < 1.29 is 23.1 Å². The third-order valence-corrected chi connectivity index (χ3v) is 4.98. The zero-order chi connectivity index (χ0) is 19.0. The van der Waals surface area contributed by atoms with Crippen LogP contribution in [0.15, 0.2) is 42.5 Å². The molecule has 2 aliphatic rings. The van der Waals surface area contributed by atoms with Gasteiger partial charge in [0.15, 0.2) is 0 Å². The largest absolute Gasteiger partial charge is 0.464 e. The third kappa shape index (κ3) is 3.37. The van der Waals surface area contributed by atoms with Gasteiger partial charge < -0.3 is 10.1 Å². The van der Waals surface area contributed by atoms with Gasteiger partial charge in [0.25, 0.3) is 0 Å². The topological polar surface area (TPSA) is 58.6 Å². The number of nitrogens with zero attached hydrogens (tertiary/aromatic N) is 1. The number of hydrogen-bond donors (Lipinski definition) is 1. The van der Waals surface area contributed by atoms with Gasteiger partial charge in [-0.15, -0.1) is 0 Å². The molecular formula is C20H18F2N2O3. The highest BCUT2D eigenvalue weighted by atomic mass is 19.1. The molecule has 1 aliphatic carbocycles. The molecule has 0 radical (unpaired) electrons. The van der Waals surface area contributed by atoms with Crippen molar-refractivity contribution in [3.8, 4) is 0 Å². The van der Waals surface area contributed by atoms with Crippen LogP contribution in [0.1, 0.15) is 23.5 Å². The van der Waals surface area contributed by atoms with Crippen LogP contribution in [0, 0.1) is 17.6 Å². The maximum absolute atomic E-state index is 13.8. The number of ether oxygens (including phenoxy) is 1. The molecule has 1 heterocycles. The number of hydrogen-bond acceptors (Lipinski definition) is 3. The average Bonchev–Trinajstić information content (AvgIpc) is 3.44. The van der Waals surface area contributed by atoms with Crippen molar-refractivity contribution >= 4 is 17.7 Å². The van der Waals surface area contributed by atoms with Gasteiger partial charge in [-0.3, -0.25) is 9.69 Å². The van der Waals surface area contributed by atoms with Gasteiger partial charge in [0.1, 0.15) is 18.2 Å². The molecule has 0 bridgehead atoms. The molecule has 2 amide bonds. The number of amides is 2. The van der Waals surface area contributed by atoms with E-state index in [2.05, 4.69) is 5.32 Å². The maximum Gasteiger partial charge on any atom is 0.322 e. The van der Waals surface area contributed by atoms with Crippen LogP contribution >= 0.6 is 0 Å². The highest BCUT2D eigenvalue weighted by Gasteiger charge is 2.47. The van der Waals surface area contributed by atoms with Crippen molar-refractivity contribution in [3.05, 3.63) is 65.2 Å². The molecule has 0 saturated heterocycles. The summed E-state index contributed by atoms with van der Waals surface area (Å²) in [6, 6.07) is 10.9. The van der Waals surface area contributed by atoms with E-state index >= 15 is 0 Å². The molecule has 140 valence electrons. The number of urea groups is 1. The molecule has 2 aromatic rings. The smallest absolute Gasteiger partial charge is 0.322 e. The summed E-state index contributed by atoms with van der Waals surface area (Å²) in [5, 5.41) is 2.77. The van der Waals surface area contributed by atoms with Crippen LogP contribution in [0.4, 0.5) is 19.3 Å². The number of rotatable bonds is 5. The minimum absolute atomic E-state index is 0.0174. The molecule has 7 heteroatoms. The van der Waals surface area contributed by atoms with Crippen molar-refractivity contribution in [2.75, 3.05) is 18.1 Å². The molecule has 0 aromatic heterocycles. The monoisotopic (exact) mass is 372 g/mol. The molecule has 2 atom stereocenters. The normalized spacial score (nSPS) is 20.7. The number of halogens is 2. The Kier molecular flexibility index (Phi) is 4.51. The van der Waals surface area contributed by atoms with E-state index in [1.807, 2.05) is 24.3 Å². The molecular weight excluding hydrogens is 354 g/mol. The summed E-state index contributed by atoms with van der Waals surface area (Å²) >= 11 is 0. The lowest BCUT2D eigenvalue weighted by atomic mass is 10.1. The Hall–Kier alpha value is -2.96. The number of nitrogens with one attached hydrogen (secondary N) is 1. The molecule has 2 aromatic carbocycles. The molecule has 0 spiro atoms. The summed E-state index contributed by atoms with van der Waals surface area (Å²) in [5.41, 5.74) is 1.72. The predicted octanol–water partition coefficient (Wildman–Crippen LogP) is 3.34. The molecule has 5 nitrogen and oxygen atoms in total. The fourth-order valence-corrected chi connectivity index (χ4v) is 3.51. The van der Waals surface area contributed by atoms with Crippen LogP contribution in [0.3, 0.4) is 0 Å². The Morgan fingerprint density at radius 1 is 1.15 bits per heavy atom. The van der Waals surface area contributed by atoms with Gasteiger partial charge >= 0.3 is 12.0 Å². The van der Waals surface area contributed by atoms with E-state index in [4.69, 9.17) is 4.74 Å². The first-order valence-electron chi connectivity index (χ1n) is 8.80. The standard InChI is InChI=1S/C20H18F2N2O3/c21-15-5-3-6-16(22)18(15)13-10-14(13)19(25)27-9-8-24-17-7-2-1-4-12(17)11-23-20(24)26/h1-7,13-14H,8-11H2,(H,23,26)/t13-,14+/m0/s1. The van der Waals surface area contributed by atoms with E-state index in [1.165, 1.54) is 23.1 Å². The Labute approximate surface area is 154 Å². The number of para-hydroxylation sites is 1. The number of anilines is 1. The van der Waals surface area contributed by atoms with Crippen LogP contribution in [-0.2, 0) is 16.1 Å². The van der Waals surface area contributed by atoms with E-state index in [1.54, 1.807) is 0 Å². The van der Waals surface area contributed by atoms with Crippen LogP contribution in [0.25, 0.3) is 0 Å². The van der Waals surface area contributed by atoms with Crippen LogP contribution in [-0.4, -0.2) is 25.2 Å². The summed E-state index contributed by atoms with van der Waals surface area (Å²) in [6.45, 7) is 0.687. The van der Waals surface area contributed by atoms with Gasteiger partial charge in [-0.25, -0.2) is 13.6 Å². The molecule has 4 rings (SSSR count). The minimum atomic E-state index is -0.642. The van der Waals surface area contributed by atoms with E-state index in [0.717, 1.165) is 11.3 Å². The van der Waals surface area contributed by atoms with Gasteiger partial charge in [-0.1, -0.05) is 24.3 Å². The first-order chi connectivity index (χ1) is 13.1. The van der Waals surface area contributed by atoms with E-state index in [9.17, 15) is 18.4 Å². The van der Waals surface area contributed by atoms with Gasteiger partial charge in [0, 0.05) is 18.0 Å². The maximum atomic E-state index is 13.8. The second-order valence-corrected chi connectivity index (χ2v) is 6.69. The second kappa shape index (κ2) is 6.98. The van der Waals surface area contributed by atoms with E-state index < -0.39 is 29.4 Å². The Bertz CT molecular complexity index is 882. The first kappa shape index (κ1) is 17.5. The fraction of sp³-hybridized carbons (Fsp3) is 0.300. The quantitative estimate of drug-likeness (QED) is 0.819. The zero-order valence-electron chi connectivity index (χ0n) is 14.5. The second-order valence-electron chi connectivity index (χ2n) is 6.69. The van der Waals surface area contributed by atoms with Crippen molar-refractivity contribution in [1.82, 2.24) is 5.32 Å². The summed E-state index contributed by atoms with van der Waals surface area (Å²) in [7, 11) is 0. The summed E-state index contributed by atoms with van der Waals surface area (Å²) in [6.07, 6.45) is 0.365. The first-order valence-corrected chi connectivity index (χ1v) is 8.80. The molecule has 1 N–H and O–H groups in total. The predicted molar refractivity (Wildman–Crippen MR) is 94.2 cm³/mol. The molecule has 1 saturated carbocycles. The zero-order valence-corrected chi connectivity index (χ0v) is 14.5. The highest BCUT2D eigenvalue weighted by Crippen LogP contribution is 2.49. The number of esters is 1. The summed E-state index contributed by atoms with van der Waals surface area (Å²) < 4.78 is 32.9. The fourth-order valence-electron chi connectivity index (χ4n) is 3.51. The lowest BCUT2D eigenvalue weighted by Gasteiger charge is -2.29. The Morgan fingerprint density at radius 2 is 1.89 bits per heavy atom. The van der Waals surface area contributed by atoms with Crippen LogP contribution in [0.5, 0.6) is 0 Å². The number of carbonyl (C=O) groups is 2. The van der Waals surface area contributed by atoms with Gasteiger partial charge in [0.05, 0.1) is 18.2 Å². The average molecular weight is 372 g/mol. The van der Waals surface area contributed by atoms with Crippen LogP contribution in [0.2, 0.25) is 0 Å². The molecule has 27 heavy (non-hydrogen) atoms. The van der Waals surface area contributed by atoms with E-state index in [0.29, 0.717) is 13.0 Å². The molecule has 1 aliphatic heterocycles. The third-order valence-electron chi connectivity index (χ3n) is 4.98. The van der Waals surface area contributed by atoms with Gasteiger partial charge in [-0.05, 0) is 30.2 Å². The van der Waals surface area contributed by atoms with Crippen molar-refractivity contribution in [2.24, 2.45) is 5.92 Å². The Morgan fingerprint density at radius 3 is 2.67 bits per heavy atom. The van der Waals surface area contributed by atoms with E-state index in [-0.39, 0.29) is 24.7 Å². The molecule has 0 unspecified atom stereocenters. The lowest BCUT2D eigenvalue weighted by molar-refractivity contribution is -0.145. The van der Waals surface area contributed by atoms with Gasteiger partial charge in [0.2, 0.25) is 0 Å². The lowest BCUT2D eigenvalue weighted by Crippen LogP contribution is -2.45. The van der Waals surface area contributed by atoms with Crippen LogP contribution < -0.4 is 10.2 Å². The highest BCUT2D eigenvalue weighted by molar-refractivity contribution is 5.94. The van der Waals surface area contributed by atoms with Gasteiger partial charge in [-0.2, -0.15) is 0 Å². The number of fused-ring (bicyclic) bond motifs is 1.